The van der Waals surface area contributed by atoms with E-state index in [1.54, 1.807) is 56.6 Å². The number of amidine groups is 1. The van der Waals surface area contributed by atoms with Crippen LogP contribution in [0.1, 0.15) is 19.8 Å². The van der Waals surface area contributed by atoms with Gasteiger partial charge in [0.25, 0.3) is 0 Å². The number of pyridine rings is 1. The maximum Gasteiger partial charge on any atom is 2.00 e. The summed E-state index contributed by atoms with van der Waals surface area (Å²) >= 11 is 6.33. The standard InChI is InChI=1S/C25H24ClN5O4.U/c1-3-4-23(27)31-24(32)30-18-6-5-15(11-17(18)26)35-20-7-10-29-19-13-22(21(33-2)12-16(19)20)34-14-25(28)8-9-25;/h4-7,10-13H,8-9,14,28H2,1-2H3,(H2-,27,30,31,32);/q-2;+2. The van der Waals surface area contributed by atoms with Crippen LogP contribution >= 0.6 is 11.6 Å². The Balaban J connectivity index is 0.00000361. The van der Waals surface area contributed by atoms with Crippen molar-refractivity contribution in [1.29, 1.82) is 0 Å². The fourth-order valence-electron chi connectivity index (χ4n) is 3.25. The average Bonchev–Trinajstić information content (AvgIpc) is 3.56. The first kappa shape index (κ1) is 27.8. The van der Waals surface area contributed by atoms with Gasteiger partial charge in [0.1, 0.15) is 18.1 Å². The summed E-state index contributed by atoms with van der Waals surface area (Å²) in [5.74, 6) is 1.75. The normalized spacial score (nSPS) is 13.6. The number of benzene rings is 2. The molecule has 0 unspecified atom stereocenters. The number of nitrogens with zero attached hydrogens (tertiary/aromatic N) is 2. The maximum atomic E-state index is 12.0. The summed E-state index contributed by atoms with van der Waals surface area (Å²) in [4.78, 5) is 16.4. The molecule has 1 heterocycles. The molecule has 184 valence electrons. The van der Waals surface area contributed by atoms with Crippen molar-refractivity contribution in [3.63, 3.8) is 0 Å². The number of carbonyl (C=O) groups is 1. The van der Waals surface area contributed by atoms with Crippen molar-refractivity contribution in [3.8, 4) is 23.0 Å². The van der Waals surface area contributed by atoms with Crippen molar-refractivity contribution in [2.75, 3.05) is 19.0 Å². The Hall–Kier alpha value is -2.77. The van der Waals surface area contributed by atoms with Crippen molar-refractivity contribution >= 4 is 40.1 Å². The largest absolute Gasteiger partial charge is 2.00 e. The molecule has 3 aromatic rings. The van der Waals surface area contributed by atoms with E-state index in [1.807, 2.05) is 0 Å². The van der Waals surface area contributed by atoms with Crippen molar-refractivity contribution in [2.24, 2.45) is 5.73 Å². The Kier molecular flexibility index (Phi) is 9.25. The van der Waals surface area contributed by atoms with E-state index < -0.39 is 6.03 Å². The fourth-order valence-corrected chi connectivity index (χ4v) is 3.46. The molecule has 1 saturated carbocycles. The molecule has 0 saturated heterocycles. The molecular weight excluding hydrogens is 708 g/mol. The SMILES string of the molecule is C[C-]=CC(=[N-])NC(=O)Nc1ccc(Oc2ccnc3cc(OCC4(N)CC4)c(OC)cc23)cc1Cl.[U+2]. The summed E-state index contributed by atoms with van der Waals surface area (Å²) in [5.41, 5.74) is 6.88. The summed E-state index contributed by atoms with van der Waals surface area (Å²) < 4.78 is 17.5. The van der Waals surface area contributed by atoms with E-state index in [0.29, 0.717) is 40.8 Å². The first-order valence-corrected chi connectivity index (χ1v) is 11.2. The third-order valence-electron chi connectivity index (χ3n) is 5.33. The first-order chi connectivity index (χ1) is 16.8. The minimum atomic E-state index is -0.656. The molecule has 2 amide bonds. The number of urea groups is 1. The molecule has 2 aromatic carbocycles. The zero-order valence-electron chi connectivity index (χ0n) is 19.7. The predicted octanol–water partition coefficient (Wildman–Crippen LogP) is 5.03. The van der Waals surface area contributed by atoms with Crippen LogP contribution in [0.5, 0.6) is 23.0 Å². The second kappa shape index (κ2) is 12.0. The summed E-state index contributed by atoms with van der Waals surface area (Å²) in [7, 11) is 1.57. The van der Waals surface area contributed by atoms with E-state index in [2.05, 4.69) is 21.7 Å². The van der Waals surface area contributed by atoms with Gasteiger partial charge in [0.05, 0.1) is 28.9 Å². The van der Waals surface area contributed by atoms with Gasteiger partial charge in [0.15, 0.2) is 11.5 Å². The molecule has 1 aromatic heterocycles. The van der Waals surface area contributed by atoms with E-state index in [9.17, 15) is 10.2 Å². The minimum Gasteiger partial charge on any atom is -0.578 e. The molecule has 11 heteroatoms. The minimum absolute atomic E-state index is 0. The number of carbonyl (C=O) groups excluding carboxylic acids is 1. The Labute approximate surface area is 237 Å². The van der Waals surface area contributed by atoms with Gasteiger partial charge in [-0.3, -0.25) is 15.9 Å². The average molecular weight is 732 g/mol. The monoisotopic (exact) mass is 731 g/mol. The molecule has 0 radical (unpaired) electrons. The molecule has 1 fully saturated rings. The van der Waals surface area contributed by atoms with E-state index >= 15 is 0 Å². The third kappa shape index (κ3) is 6.92. The Morgan fingerprint density at radius 1 is 1.25 bits per heavy atom. The van der Waals surface area contributed by atoms with E-state index in [0.717, 1.165) is 18.2 Å². The quantitative estimate of drug-likeness (QED) is 0.170. The number of methoxy groups -OCH3 is 1. The second-order valence-corrected chi connectivity index (χ2v) is 8.53. The maximum absolute atomic E-state index is 12.0. The van der Waals surface area contributed by atoms with Crippen LogP contribution < -0.4 is 30.6 Å². The van der Waals surface area contributed by atoms with Crippen molar-refractivity contribution in [2.45, 2.75) is 25.3 Å². The molecular formula is C25H24ClN5O4U. The summed E-state index contributed by atoms with van der Waals surface area (Å²) in [6.45, 7) is 2.00. The van der Waals surface area contributed by atoms with Crippen LogP contribution in [-0.2, 0) is 0 Å². The van der Waals surface area contributed by atoms with Gasteiger partial charge in [0.2, 0.25) is 6.03 Å². The molecule has 36 heavy (non-hydrogen) atoms. The summed E-state index contributed by atoms with van der Waals surface area (Å²) in [6.07, 6.45) is 7.33. The van der Waals surface area contributed by atoms with Gasteiger partial charge in [-0.15, -0.1) is 6.92 Å². The number of anilines is 1. The molecule has 0 bridgehead atoms. The molecule has 0 spiro atoms. The van der Waals surface area contributed by atoms with Crippen LogP contribution in [0.25, 0.3) is 16.3 Å². The number of nitrogens with two attached hydrogens (primary N) is 1. The zero-order valence-corrected chi connectivity index (χ0v) is 24.6. The van der Waals surface area contributed by atoms with Gasteiger partial charge >= 0.3 is 31.1 Å². The topological polar surface area (TPSA) is 130 Å². The smallest absolute Gasteiger partial charge is 0.578 e. The molecule has 1 aliphatic rings. The van der Waals surface area contributed by atoms with Crippen molar-refractivity contribution in [1.82, 2.24) is 10.3 Å². The number of nitrogens with one attached hydrogen (secondary N) is 2. The van der Waals surface area contributed by atoms with E-state index in [4.69, 9.17) is 31.5 Å². The second-order valence-electron chi connectivity index (χ2n) is 8.12. The Morgan fingerprint density at radius 2 is 2.03 bits per heavy atom. The summed E-state index contributed by atoms with van der Waals surface area (Å²) in [6, 6.07) is 9.48. The number of hydrogen-bond acceptors (Lipinski definition) is 6. The van der Waals surface area contributed by atoms with Gasteiger partial charge in [-0.2, -0.15) is 0 Å². The Morgan fingerprint density at radius 3 is 2.69 bits per heavy atom. The number of halogens is 1. The predicted molar refractivity (Wildman–Crippen MR) is 135 cm³/mol. The van der Waals surface area contributed by atoms with Crippen molar-refractivity contribution in [3.05, 3.63) is 65.2 Å². The Bertz CT molecular complexity index is 1310. The first-order valence-electron chi connectivity index (χ1n) is 10.8. The van der Waals surface area contributed by atoms with Gasteiger partial charge in [0, 0.05) is 23.7 Å². The third-order valence-corrected chi connectivity index (χ3v) is 5.65. The molecule has 4 rings (SSSR count). The number of fused-ring (bicyclic) bond motifs is 1. The summed E-state index contributed by atoms with van der Waals surface area (Å²) in [5, 5.41) is 15.3. The van der Waals surface area contributed by atoms with Crippen LogP contribution in [-0.4, -0.2) is 36.1 Å². The number of hydrogen-bond donors (Lipinski definition) is 3. The number of ether oxygens (including phenoxy) is 3. The number of aromatic nitrogens is 1. The number of rotatable bonds is 8. The molecule has 4 N–H and O–H groups in total. The fraction of sp³-hybridized carbons (Fsp3) is 0.240. The van der Waals surface area contributed by atoms with E-state index in [-0.39, 0.29) is 47.5 Å². The molecule has 1 aliphatic carbocycles. The molecule has 0 aliphatic heterocycles. The number of allylic oxidation sites excluding steroid dienone is 1. The van der Waals surface area contributed by atoms with E-state index in [1.165, 1.54) is 6.08 Å². The van der Waals surface area contributed by atoms with Gasteiger partial charge in [-0.05, 0) is 37.1 Å². The van der Waals surface area contributed by atoms with Crippen LogP contribution in [0.4, 0.5) is 10.5 Å². The van der Waals surface area contributed by atoms with Crippen LogP contribution in [0.2, 0.25) is 5.02 Å². The van der Waals surface area contributed by atoms with Crippen molar-refractivity contribution < 1.29 is 50.1 Å². The van der Waals surface area contributed by atoms with Crippen LogP contribution in [0.3, 0.4) is 0 Å². The molecule has 0 atom stereocenters. The van der Waals surface area contributed by atoms with Crippen LogP contribution in [0, 0.1) is 37.2 Å². The number of amides is 2. The van der Waals surface area contributed by atoms with Gasteiger partial charge in [-0.1, -0.05) is 11.6 Å². The zero-order chi connectivity index (χ0) is 25.0. The van der Waals surface area contributed by atoms with Gasteiger partial charge < -0.3 is 36.0 Å². The van der Waals surface area contributed by atoms with Crippen LogP contribution in [0.15, 0.2) is 48.7 Å². The molecule has 9 nitrogen and oxygen atoms in total. The van der Waals surface area contributed by atoms with Gasteiger partial charge in [-0.25, -0.2) is 11.9 Å².